The Hall–Kier alpha value is -0.260. The Balaban J connectivity index is 1.93. The largest absolute Gasteiger partial charge is 0.355 e. The van der Waals surface area contributed by atoms with Crippen LogP contribution in [0, 0.1) is 0 Å². The van der Waals surface area contributed by atoms with Crippen molar-refractivity contribution in [2.45, 2.75) is 44.6 Å². The van der Waals surface area contributed by atoms with E-state index in [0.29, 0.717) is 12.6 Å². The third-order valence-corrected chi connectivity index (χ3v) is 4.29. The van der Waals surface area contributed by atoms with Gasteiger partial charge in [-0.3, -0.25) is 9.69 Å². The topological polar surface area (TPSA) is 58.4 Å². The van der Waals surface area contributed by atoms with Crippen LogP contribution in [0.3, 0.4) is 0 Å². The second kappa shape index (κ2) is 10.5. The summed E-state index contributed by atoms with van der Waals surface area (Å²) in [6.45, 7) is 3.29. The van der Waals surface area contributed by atoms with E-state index >= 15 is 0 Å². The lowest BCUT2D eigenvalue weighted by atomic mass is 10.1. The molecule has 1 saturated heterocycles. The third kappa shape index (κ3) is 8.50. The lowest BCUT2D eigenvalue weighted by Crippen LogP contribution is -2.44. The van der Waals surface area contributed by atoms with Crippen LogP contribution in [0.25, 0.3) is 0 Å². The zero-order valence-electron chi connectivity index (χ0n) is 12.2. The number of unbranched alkanes of at least 4 members (excludes halogenated alkanes) is 3. The number of hydrogen-bond donors (Lipinski definition) is 2. The second-order valence-corrected chi connectivity index (χ2v) is 6.36. The number of thioether (sulfide) groups is 1. The van der Waals surface area contributed by atoms with Crippen LogP contribution in [0.2, 0.25) is 0 Å². The van der Waals surface area contributed by atoms with Crippen molar-refractivity contribution in [1.82, 2.24) is 10.2 Å². The molecule has 0 atom stereocenters. The van der Waals surface area contributed by atoms with E-state index in [2.05, 4.69) is 16.5 Å². The van der Waals surface area contributed by atoms with Crippen LogP contribution >= 0.6 is 11.8 Å². The van der Waals surface area contributed by atoms with Gasteiger partial charge in [-0.05, 0) is 37.7 Å². The zero-order chi connectivity index (χ0) is 13.9. The third-order valence-electron chi connectivity index (χ3n) is 3.60. The molecular weight excluding hydrogens is 258 g/mol. The average molecular weight is 287 g/mol. The first-order valence-electron chi connectivity index (χ1n) is 7.46. The van der Waals surface area contributed by atoms with Gasteiger partial charge in [0.15, 0.2) is 0 Å². The first kappa shape index (κ1) is 16.8. The van der Waals surface area contributed by atoms with Crippen LogP contribution in [0.4, 0.5) is 0 Å². The monoisotopic (exact) mass is 287 g/mol. The van der Waals surface area contributed by atoms with Crippen LogP contribution in [-0.2, 0) is 4.79 Å². The Bertz CT molecular complexity index is 243. The Morgan fingerprint density at radius 1 is 1.26 bits per heavy atom. The molecule has 0 saturated carbocycles. The molecule has 19 heavy (non-hydrogen) atoms. The minimum Gasteiger partial charge on any atom is -0.355 e. The fourth-order valence-electron chi connectivity index (χ4n) is 2.32. The number of rotatable bonds is 9. The summed E-state index contributed by atoms with van der Waals surface area (Å²) in [5, 5.41) is 3.02. The summed E-state index contributed by atoms with van der Waals surface area (Å²) in [4.78, 5) is 13.9. The maximum Gasteiger partial charge on any atom is 0.234 e. The molecule has 0 aromatic carbocycles. The minimum atomic E-state index is 0.166. The molecule has 0 bridgehead atoms. The summed E-state index contributed by atoms with van der Waals surface area (Å²) in [5.74, 6) is 1.42. The van der Waals surface area contributed by atoms with Crippen LogP contribution in [0.5, 0.6) is 0 Å². The SMILES string of the molecule is CSCCCCCCNC(=O)CN1CCC(N)CC1. The molecule has 0 radical (unpaired) electrons. The number of nitrogens with one attached hydrogen (secondary N) is 1. The van der Waals surface area contributed by atoms with Crippen molar-refractivity contribution in [1.29, 1.82) is 0 Å². The lowest BCUT2D eigenvalue weighted by molar-refractivity contribution is -0.122. The van der Waals surface area contributed by atoms with E-state index in [1.165, 1.54) is 25.0 Å². The quantitative estimate of drug-likeness (QED) is 0.630. The number of nitrogens with zero attached hydrogens (tertiary/aromatic N) is 1. The average Bonchev–Trinajstić information content (AvgIpc) is 2.40. The van der Waals surface area contributed by atoms with Crippen LogP contribution in [0.1, 0.15) is 38.5 Å². The number of nitrogens with two attached hydrogens (primary N) is 1. The molecule has 1 aliphatic rings. The van der Waals surface area contributed by atoms with E-state index in [1.807, 2.05) is 11.8 Å². The summed E-state index contributed by atoms with van der Waals surface area (Å²) >= 11 is 1.91. The molecular formula is C14H29N3OS. The smallest absolute Gasteiger partial charge is 0.234 e. The first-order chi connectivity index (χ1) is 9.22. The van der Waals surface area contributed by atoms with Gasteiger partial charge in [-0.1, -0.05) is 12.8 Å². The maximum absolute atomic E-state index is 11.7. The van der Waals surface area contributed by atoms with E-state index < -0.39 is 0 Å². The summed E-state index contributed by atoms with van der Waals surface area (Å²) in [6, 6.07) is 0.334. The van der Waals surface area contributed by atoms with Gasteiger partial charge in [0, 0.05) is 25.7 Å². The van der Waals surface area contributed by atoms with Crippen molar-refractivity contribution in [3.05, 3.63) is 0 Å². The maximum atomic E-state index is 11.7. The van der Waals surface area contributed by atoms with Crippen molar-refractivity contribution in [2.24, 2.45) is 5.73 Å². The van der Waals surface area contributed by atoms with Gasteiger partial charge in [-0.15, -0.1) is 0 Å². The zero-order valence-corrected chi connectivity index (χ0v) is 13.0. The van der Waals surface area contributed by atoms with Crippen LogP contribution in [0.15, 0.2) is 0 Å². The highest BCUT2D eigenvalue weighted by atomic mass is 32.2. The van der Waals surface area contributed by atoms with Gasteiger partial charge in [0.1, 0.15) is 0 Å². The van der Waals surface area contributed by atoms with Crippen molar-refractivity contribution < 1.29 is 4.79 Å². The fraction of sp³-hybridized carbons (Fsp3) is 0.929. The van der Waals surface area contributed by atoms with Crippen molar-refractivity contribution in [3.63, 3.8) is 0 Å². The normalized spacial score (nSPS) is 17.6. The molecule has 1 heterocycles. The fourth-order valence-corrected chi connectivity index (χ4v) is 2.82. The van der Waals surface area contributed by atoms with Gasteiger partial charge in [-0.25, -0.2) is 0 Å². The highest BCUT2D eigenvalue weighted by Gasteiger charge is 2.17. The Kier molecular flexibility index (Phi) is 9.30. The highest BCUT2D eigenvalue weighted by Crippen LogP contribution is 2.07. The molecule has 0 spiro atoms. The molecule has 0 aromatic rings. The number of hydrogen-bond acceptors (Lipinski definition) is 4. The molecule has 1 aliphatic heterocycles. The van der Waals surface area contributed by atoms with E-state index in [9.17, 15) is 4.79 Å². The number of amides is 1. The molecule has 0 unspecified atom stereocenters. The Morgan fingerprint density at radius 3 is 2.63 bits per heavy atom. The number of piperidine rings is 1. The van der Waals surface area contributed by atoms with Gasteiger partial charge < -0.3 is 11.1 Å². The molecule has 0 aliphatic carbocycles. The predicted molar refractivity (Wildman–Crippen MR) is 83.5 cm³/mol. The molecule has 0 aromatic heterocycles. The molecule has 4 nitrogen and oxygen atoms in total. The molecule has 3 N–H and O–H groups in total. The van der Waals surface area contributed by atoms with Gasteiger partial charge >= 0.3 is 0 Å². The van der Waals surface area contributed by atoms with Gasteiger partial charge in [0.25, 0.3) is 0 Å². The van der Waals surface area contributed by atoms with Crippen molar-refractivity contribution in [2.75, 3.05) is 38.2 Å². The molecule has 1 fully saturated rings. The van der Waals surface area contributed by atoms with Crippen molar-refractivity contribution >= 4 is 17.7 Å². The Morgan fingerprint density at radius 2 is 1.95 bits per heavy atom. The lowest BCUT2D eigenvalue weighted by Gasteiger charge is -2.29. The van der Waals surface area contributed by atoms with E-state index in [-0.39, 0.29) is 5.91 Å². The van der Waals surface area contributed by atoms with E-state index in [0.717, 1.165) is 38.9 Å². The summed E-state index contributed by atoms with van der Waals surface area (Å²) in [7, 11) is 0. The van der Waals surface area contributed by atoms with E-state index in [4.69, 9.17) is 5.73 Å². The first-order valence-corrected chi connectivity index (χ1v) is 8.85. The number of carbonyl (C=O) groups excluding carboxylic acids is 1. The van der Waals surface area contributed by atoms with Crippen LogP contribution in [-0.4, -0.2) is 55.0 Å². The molecule has 1 rings (SSSR count). The van der Waals surface area contributed by atoms with Gasteiger partial charge in [-0.2, -0.15) is 11.8 Å². The number of likely N-dealkylation sites (tertiary alicyclic amines) is 1. The van der Waals surface area contributed by atoms with E-state index in [1.54, 1.807) is 0 Å². The predicted octanol–water partition coefficient (Wildman–Crippen LogP) is 1.45. The summed E-state index contributed by atoms with van der Waals surface area (Å²) in [6.07, 6.45) is 9.08. The van der Waals surface area contributed by atoms with Gasteiger partial charge in [0.05, 0.1) is 6.54 Å². The number of carbonyl (C=O) groups is 1. The van der Waals surface area contributed by atoms with Gasteiger partial charge in [0.2, 0.25) is 5.91 Å². The van der Waals surface area contributed by atoms with Crippen molar-refractivity contribution in [3.8, 4) is 0 Å². The standard InChI is InChI=1S/C14H29N3OS/c1-19-11-5-3-2-4-8-16-14(18)12-17-9-6-13(15)7-10-17/h13H,2-12,15H2,1H3,(H,16,18). The molecule has 5 heteroatoms. The molecule has 1 amide bonds. The minimum absolute atomic E-state index is 0.166. The highest BCUT2D eigenvalue weighted by molar-refractivity contribution is 7.98. The van der Waals surface area contributed by atoms with Crippen LogP contribution < -0.4 is 11.1 Å². The molecule has 112 valence electrons. The Labute approximate surface area is 121 Å². The summed E-state index contributed by atoms with van der Waals surface area (Å²) in [5.41, 5.74) is 5.85. The second-order valence-electron chi connectivity index (χ2n) is 5.37. The summed E-state index contributed by atoms with van der Waals surface area (Å²) < 4.78 is 0.